The van der Waals surface area contributed by atoms with Crippen LogP contribution in [0.4, 0.5) is 5.69 Å². The number of para-hydroxylation sites is 1. The summed E-state index contributed by atoms with van der Waals surface area (Å²) in [6, 6.07) is 8.45. The van der Waals surface area contributed by atoms with Crippen LogP contribution in [0.25, 0.3) is 0 Å². The summed E-state index contributed by atoms with van der Waals surface area (Å²) < 4.78 is 0. The molecule has 0 spiro atoms. The highest BCUT2D eigenvalue weighted by Crippen LogP contribution is 2.19. The summed E-state index contributed by atoms with van der Waals surface area (Å²) in [6.45, 7) is 9.69. The van der Waals surface area contributed by atoms with Gasteiger partial charge in [0.15, 0.2) is 0 Å². The zero-order valence-electron chi connectivity index (χ0n) is 10.3. The first kappa shape index (κ1) is 13.3. The molecule has 1 aromatic rings. The molecule has 16 heavy (non-hydrogen) atoms. The van der Waals surface area contributed by atoms with Crippen molar-refractivity contribution in [1.29, 1.82) is 0 Å². The van der Waals surface area contributed by atoms with Gasteiger partial charge in [0.1, 0.15) is 0 Å². The van der Waals surface area contributed by atoms with E-state index in [1.807, 2.05) is 24.3 Å². The van der Waals surface area contributed by atoms with Crippen LogP contribution in [0.15, 0.2) is 24.3 Å². The number of nitrogens with zero attached hydrogens (tertiary/aromatic N) is 1. The van der Waals surface area contributed by atoms with Gasteiger partial charge in [-0.2, -0.15) is 0 Å². The lowest BCUT2D eigenvalue weighted by Crippen LogP contribution is -2.34. The number of benzene rings is 1. The fourth-order valence-corrected chi connectivity index (χ4v) is 1.92. The molecule has 1 N–H and O–H groups in total. The third kappa shape index (κ3) is 4.03. The maximum absolute atomic E-state index is 6.06. The van der Waals surface area contributed by atoms with Crippen molar-refractivity contribution in [3.05, 3.63) is 29.3 Å². The van der Waals surface area contributed by atoms with Gasteiger partial charge in [0.05, 0.1) is 10.7 Å². The second-order valence-corrected chi connectivity index (χ2v) is 4.54. The van der Waals surface area contributed by atoms with E-state index in [-0.39, 0.29) is 0 Å². The summed E-state index contributed by atoms with van der Waals surface area (Å²) in [6.07, 6.45) is 0. The average Bonchev–Trinajstić information content (AvgIpc) is 2.26. The van der Waals surface area contributed by atoms with Crippen molar-refractivity contribution in [1.82, 2.24) is 4.90 Å². The highest BCUT2D eigenvalue weighted by molar-refractivity contribution is 6.33. The second kappa shape index (κ2) is 6.77. The van der Waals surface area contributed by atoms with E-state index in [1.165, 1.54) is 0 Å². The van der Waals surface area contributed by atoms with Crippen molar-refractivity contribution in [2.24, 2.45) is 0 Å². The van der Waals surface area contributed by atoms with E-state index < -0.39 is 0 Å². The van der Waals surface area contributed by atoms with Gasteiger partial charge in [0.25, 0.3) is 0 Å². The summed E-state index contributed by atoms with van der Waals surface area (Å²) in [5, 5.41) is 4.15. The minimum Gasteiger partial charge on any atom is -0.383 e. The molecule has 3 heteroatoms. The molecule has 0 bridgehead atoms. The summed E-state index contributed by atoms with van der Waals surface area (Å²) in [5.74, 6) is 0. The number of nitrogens with one attached hydrogen (secondary N) is 1. The maximum atomic E-state index is 6.06. The molecular weight excluding hydrogens is 220 g/mol. The first-order valence-corrected chi connectivity index (χ1v) is 6.25. The van der Waals surface area contributed by atoms with E-state index in [0.717, 1.165) is 30.3 Å². The van der Waals surface area contributed by atoms with E-state index in [1.54, 1.807) is 0 Å². The van der Waals surface area contributed by atoms with E-state index in [2.05, 4.69) is 31.0 Å². The van der Waals surface area contributed by atoms with Crippen LogP contribution in [0.3, 0.4) is 0 Å². The highest BCUT2D eigenvalue weighted by atomic mass is 35.5. The van der Waals surface area contributed by atoms with Gasteiger partial charge in [-0.25, -0.2) is 0 Å². The van der Waals surface area contributed by atoms with Gasteiger partial charge < -0.3 is 5.32 Å². The Kier molecular flexibility index (Phi) is 5.64. The minimum absolute atomic E-state index is 0.595. The normalized spacial score (nSPS) is 11.1. The molecule has 0 aliphatic heterocycles. The topological polar surface area (TPSA) is 15.3 Å². The zero-order valence-corrected chi connectivity index (χ0v) is 11.1. The van der Waals surface area contributed by atoms with Crippen LogP contribution in [0.5, 0.6) is 0 Å². The number of hydrogen-bond donors (Lipinski definition) is 1. The summed E-state index contributed by atoms with van der Waals surface area (Å²) in [5.41, 5.74) is 1.02. The van der Waals surface area contributed by atoms with Crippen molar-refractivity contribution in [3.63, 3.8) is 0 Å². The van der Waals surface area contributed by atoms with Crippen LogP contribution in [0.1, 0.15) is 20.8 Å². The molecular formula is C13H21ClN2. The molecule has 0 saturated heterocycles. The summed E-state index contributed by atoms with van der Waals surface area (Å²) in [4.78, 5) is 2.42. The third-order valence-corrected chi connectivity index (χ3v) is 3.05. The van der Waals surface area contributed by atoms with Gasteiger partial charge in [0, 0.05) is 19.1 Å². The van der Waals surface area contributed by atoms with Crippen LogP contribution in [-0.2, 0) is 0 Å². The Morgan fingerprint density at radius 1 is 1.31 bits per heavy atom. The van der Waals surface area contributed by atoms with Crippen LogP contribution >= 0.6 is 11.6 Å². The lowest BCUT2D eigenvalue weighted by Gasteiger charge is -2.25. The molecule has 0 saturated carbocycles. The predicted octanol–water partition coefficient (Wildman–Crippen LogP) is 3.48. The van der Waals surface area contributed by atoms with Crippen LogP contribution < -0.4 is 5.32 Å². The van der Waals surface area contributed by atoms with Gasteiger partial charge in [-0.05, 0) is 32.5 Å². The molecule has 0 aromatic heterocycles. The van der Waals surface area contributed by atoms with Crippen LogP contribution in [-0.4, -0.2) is 30.6 Å². The molecule has 90 valence electrons. The number of halogens is 1. The molecule has 1 aromatic carbocycles. The molecule has 0 heterocycles. The SMILES string of the molecule is CCN(CCNc1ccccc1Cl)C(C)C. The molecule has 0 fully saturated rings. The maximum Gasteiger partial charge on any atom is 0.0637 e. The molecule has 1 rings (SSSR count). The predicted molar refractivity (Wildman–Crippen MR) is 72.3 cm³/mol. The Labute approximate surface area is 104 Å². The van der Waals surface area contributed by atoms with Crippen molar-refractivity contribution >= 4 is 17.3 Å². The molecule has 2 nitrogen and oxygen atoms in total. The average molecular weight is 241 g/mol. The Bertz CT molecular complexity index is 313. The Morgan fingerprint density at radius 2 is 2.00 bits per heavy atom. The van der Waals surface area contributed by atoms with Gasteiger partial charge in [-0.15, -0.1) is 0 Å². The monoisotopic (exact) mass is 240 g/mol. The molecule has 0 aliphatic rings. The quantitative estimate of drug-likeness (QED) is 0.819. The molecule has 0 atom stereocenters. The van der Waals surface area contributed by atoms with Crippen LogP contribution in [0.2, 0.25) is 5.02 Å². The lowest BCUT2D eigenvalue weighted by atomic mass is 10.3. The number of likely N-dealkylation sites (N-methyl/N-ethyl adjacent to an activating group) is 1. The van der Waals surface area contributed by atoms with Crippen molar-refractivity contribution in [3.8, 4) is 0 Å². The van der Waals surface area contributed by atoms with E-state index in [9.17, 15) is 0 Å². The first-order chi connectivity index (χ1) is 7.65. The highest BCUT2D eigenvalue weighted by Gasteiger charge is 2.06. The smallest absolute Gasteiger partial charge is 0.0637 e. The number of rotatable bonds is 6. The van der Waals surface area contributed by atoms with Crippen LogP contribution in [0, 0.1) is 0 Å². The second-order valence-electron chi connectivity index (χ2n) is 4.13. The van der Waals surface area contributed by atoms with Crippen molar-refractivity contribution in [2.45, 2.75) is 26.8 Å². The molecule has 0 amide bonds. The van der Waals surface area contributed by atoms with E-state index >= 15 is 0 Å². The lowest BCUT2D eigenvalue weighted by molar-refractivity contribution is 0.243. The molecule has 0 radical (unpaired) electrons. The fraction of sp³-hybridized carbons (Fsp3) is 0.538. The molecule has 0 aliphatic carbocycles. The van der Waals surface area contributed by atoms with Gasteiger partial charge in [0.2, 0.25) is 0 Å². The first-order valence-electron chi connectivity index (χ1n) is 5.87. The minimum atomic E-state index is 0.595. The Hall–Kier alpha value is -0.730. The van der Waals surface area contributed by atoms with Gasteiger partial charge in [-0.1, -0.05) is 30.7 Å². The fourth-order valence-electron chi connectivity index (χ4n) is 1.72. The number of anilines is 1. The number of hydrogen-bond acceptors (Lipinski definition) is 2. The molecule has 0 unspecified atom stereocenters. The standard InChI is InChI=1S/C13H21ClN2/c1-4-16(11(2)3)10-9-15-13-8-6-5-7-12(13)14/h5-8,11,15H,4,9-10H2,1-3H3. The Balaban J connectivity index is 2.38. The Morgan fingerprint density at radius 3 is 2.56 bits per heavy atom. The largest absolute Gasteiger partial charge is 0.383 e. The van der Waals surface area contributed by atoms with Gasteiger partial charge >= 0.3 is 0 Å². The third-order valence-electron chi connectivity index (χ3n) is 2.72. The van der Waals surface area contributed by atoms with Crippen molar-refractivity contribution in [2.75, 3.05) is 25.0 Å². The summed E-state index contributed by atoms with van der Waals surface area (Å²) in [7, 11) is 0. The zero-order chi connectivity index (χ0) is 12.0. The van der Waals surface area contributed by atoms with Gasteiger partial charge in [-0.3, -0.25) is 4.90 Å². The van der Waals surface area contributed by atoms with Crippen molar-refractivity contribution < 1.29 is 0 Å². The van der Waals surface area contributed by atoms with E-state index in [0.29, 0.717) is 6.04 Å². The summed E-state index contributed by atoms with van der Waals surface area (Å²) >= 11 is 6.06. The van der Waals surface area contributed by atoms with E-state index in [4.69, 9.17) is 11.6 Å².